The Bertz CT molecular complexity index is 1460. The van der Waals surface area contributed by atoms with Crippen LogP contribution in [0.5, 0.6) is 5.88 Å². The van der Waals surface area contributed by atoms with Gasteiger partial charge in [0.05, 0.1) is 0 Å². The molecule has 42 heavy (non-hydrogen) atoms. The van der Waals surface area contributed by atoms with Crippen molar-refractivity contribution >= 4 is 35.4 Å². The van der Waals surface area contributed by atoms with Gasteiger partial charge in [0, 0.05) is 36.3 Å². The van der Waals surface area contributed by atoms with Gasteiger partial charge in [0.1, 0.15) is 11.9 Å². The molecular formula is C28H27ClF3N5O5. The van der Waals surface area contributed by atoms with Crippen LogP contribution in [0.25, 0.3) is 11.1 Å². The summed E-state index contributed by atoms with van der Waals surface area (Å²) in [6.45, 7) is 0.799. The average molecular weight is 606 g/mol. The normalized spacial score (nSPS) is 19.1. The lowest BCUT2D eigenvalue weighted by molar-refractivity contribution is -0.198. The minimum atomic E-state index is -4.83. The monoisotopic (exact) mass is 605 g/mol. The van der Waals surface area contributed by atoms with E-state index < -0.39 is 35.8 Å². The van der Waals surface area contributed by atoms with Gasteiger partial charge in [0.15, 0.2) is 0 Å². The number of piperidine rings is 1. The summed E-state index contributed by atoms with van der Waals surface area (Å²) in [5.41, 5.74) is 5.97. The van der Waals surface area contributed by atoms with E-state index >= 15 is 0 Å². The number of halogens is 4. The number of nitrogen functional groups attached to an aromatic ring is 1. The second-order valence-electron chi connectivity index (χ2n) is 10.5. The lowest BCUT2D eigenvalue weighted by Crippen LogP contribution is -2.43. The first kappa shape index (κ1) is 29.2. The highest BCUT2D eigenvalue weighted by molar-refractivity contribution is 6.30. The fourth-order valence-electron chi connectivity index (χ4n) is 5.76. The Morgan fingerprint density at radius 2 is 1.76 bits per heavy atom. The van der Waals surface area contributed by atoms with Gasteiger partial charge in [-0.3, -0.25) is 4.90 Å². The van der Waals surface area contributed by atoms with E-state index in [0.29, 0.717) is 31.5 Å². The fraction of sp³-hybridized carbons (Fsp3) is 0.357. The quantitative estimate of drug-likeness (QED) is 0.333. The van der Waals surface area contributed by atoms with Crippen molar-refractivity contribution in [2.45, 2.75) is 37.6 Å². The highest BCUT2D eigenvalue weighted by Gasteiger charge is 2.50. The number of anilines is 2. The third-order valence-corrected chi connectivity index (χ3v) is 8.05. The van der Waals surface area contributed by atoms with Crippen LogP contribution in [-0.2, 0) is 4.79 Å². The zero-order chi connectivity index (χ0) is 30.2. The highest BCUT2D eigenvalue weighted by Crippen LogP contribution is 2.45. The number of alkyl halides is 3. The van der Waals surface area contributed by atoms with Crippen molar-refractivity contribution in [1.29, 1.82) is 0 Å². The van der Waals surface area contributed by atoms with Gasteiger partial charge in [-0.05, 0) is 47.9 Å². The highest BCUT2D eigenvalue weighted by atomic mass is 35.5. The van der Waals surface area contributed by atoms with E-state index in [1.807, 2.05) is 0 Å². The Kier molecular flexibility index (Phi) is 7.80. The van der Waals surface area contributed by atoms with Crippen LogP contribution in [0.3, 0.4) is 0 Å². The van der Waals surface area contributed by atoms with Gasteiger partial charge >= 0.3 is 18.2 Å². The number of likely N-dealkylation sites (tertiary alicyclic amines) is 1. The summed E-state index contributed by atoms with van der Waals surface area (Å²) in [6, 6.07) is 12.7. The van der Waals surface area contributed by atoms with E-state index in [1.54, 1.807) is 35.2 Å². The molecule has 2 fully saturated rings. The maximum atomic E-state index is 14.5. The molecule has 1 aromatic heterocycles. The number of aromatic nitrogens is 2. The number of hydrogen-bond acceptors (Lipinski definition) is 7. The van der Waals surface area contributed by atoms with Crippen LogP contribution in [-0.4, -0.2) is 69.0 Å². The van der Waals surface area contributed by atoms with E-state index in [0.717, 1.165) is 4.90 Å². The summed E-state index contributed by atoms with van der Waals surface area (Å²) < 4.78 is 48.9. The number of carboxylic acid groups (broad SMARTS) is 2. The van der Waals surface area contributed by atoms with Gasteiger partial charge in [-0.25, -0.2) is 9.59 Å². The van der Waals surface area contributed by atoms with Crippen molar-refractivity contribution in [1.82, 2.24) is 14.9 Å². The molecule has 2 atom stereocenters. The lowest BCUT2D eigenvalue weighted by atomic mass is 9.76. The van der Waals surface area contributed by atoms with Gasteiger partial charge in [-0.15, -0.1) is 0 Å². The van der Waals surface area contributed by atoms with Crippen molar-refractivity contribution < 1.29 is 37.7 Å². The van der Waals surface area contributed by atoms with E-state index in [2.05, 4.69) is 9.97 Å². The van der Waals surface area contributed by atoms with Crippen LogP contribution in [0.15, 0.2) is 54.6 Å². The molecule has 3 aromatic rings. The Hall–Kier alpha value is -4.26. The van der Waals surface area contributed by atoms with Crippen molar-refractivity contribution in [3.63, 3.8) is 0 Å². The number of benzene rings is 2. The molecule has 0 unspecified atom stereocenters. The molecule has 2 aliphatic heterocycles. The van der Waals surface area contributed by atoms with Crippen LogP contribution in [0.1, 0.15) is 30.9 Å². The third kappa shape index (κ3) is 6.01. The Morgan fingerprint density at radius 1 is 1.07 bits per heavy atom. The Labute approximate surface area is 243 Å². The summed E-state index contributed by atoms with van der Waals surface area (Å²) >= 11 is 6.14. The first-order valence-corrected chi connectivity index (χ1v) is 13.4. The number of nitrogens with two attached hydrogens (primary N) is 1. The molecule has 1 amide bonds. The van der Waals surface area contributed by atoms with Crippen molar-refractivity contribution in [2.24, 2.45) is 5.41 Å². The van der Waals surface area contributed by atoms with Gasteiger partial charge in [-0.2, -0.15) is 23.1 Å². The Morgan fingerprint density at radius 3 is 2.36 bits per heavy atom. The summed E-state index contributed by atoms with van der Waals surface area (Å²) in [5, 5.41) is 19.2. The van der Waals surface area contributed by atoms with E-state index in [4.69, 9.17) is 22.1 Å². The number of hydrogen-bond donors (Lipinski definition) is 3. The molecule has 0 radical (unpaired) electrons. The van der Waals surface area contributed by atoms with E-state index in [9.17, 15) is 33.0 Å². The molecule has 2 saturated heterocycles. The second-order valence-corrected chi connectivity index (χ2v) is 11.0. The molecule has 0 bridgehead atoms. The predicted octanol–water partition coefficient (Wildman–Crippen LogP) is 5.49. The minimum Gasteiger partial charge on any atom is -0.480 e. The molecule has 1 spiro atoms. The van der Waals surface area contributed by atoms with Crippen LogP contribution in [0.2, 0.25) is 5.02 Å². The first-order valence-electron chi connectivity index (χ1n) is 13.1. The van der Waals surface area contributed by atoms with Crippen LogP contribution in [0.4, 0.5) is 29.7 Å². The van der Waals surface area contributed by atoms with Crippen LogP contribution in [0, 0.1) is 5.41 Å². The topological polar surface area (TPSA) is 142 Å². The number of aliphatic carboxylic acids is 1. The number of carboxylic acids is 1. The van der Waals surface area contributed by atoms with Gasteiger partial charge in [0.25, 0.3) is 0 Å². The molecule has 10 nitrogen and oxygen atoms in total. The largest absolute Gasteiger partial charge is 0.480 e. The number of carbonyl (C=O) groups is 2. The smallest absolute Gasteiger partial charge is 0.429 e. The van der Waals surface area contributed by atoms with E-state index in [1.165, 1.54) is 24.3 Å². The number of nitrogens with zero attached hydrogens (tertiary/aromatic N) is 4. The molecule has 14 heteroatoms. The first-order chi connectivity index (χ1) is 19.8. The lowest BCUT2D eigenvalue weighted by Gasteiger charge is -2.39. The molecule has 222 valence electrons. The van der Waals surface area contributed by atoms with Crippen molar-refractivity contribution in [3.05, 3.63) is 65.2 Å². The predicted molar refractivity (Wildman–Crippen MR) is 147 cm³/mol. The molecule has 2 aromatic carbocycles. The average Bonchev–Trinajstić information content (AvgIpc) is 3.32. The number of ether oxygens (including phenoxy) is 1. The number of amides is 1. The fourth-order valence-corrected chi connectivity index (χ4v) is 5.93. The Balaban J connectivity index is 1.39. The minimum absolute atomic E-state index is 0.0888. The second kappa shape index (κ2) is 11.2. The van der Waals surface area contributed by atoms with Gasteiger partial charge < -0.3 is 25.6 Å². The molecule has 2 aliphatic rings. The molecule has 5 rings (SSSR count). The third-order valence-electron chi connectivity index (χ3n) is 7.81. The molecule has 3 heterocycles. The van der Waals surface area contributed by atoms with Gasteiger partial charge in [-0.1, -0.05) is 48.0 Å². The van der Waals surface area contributed by atoms with Crippen LogP contribution < -0.4 is 15.4 Å². The molecule has 0 saturated carbocycles. The standard InChI is InChI=1S/C28H27ClF3N5O5/c29-17-6-7-18(19(12-17)16-4-2-1-3-5-16)23(28(30,31)32)42-22-13-21(34-25(33)35-22)36-10-8-27(9-11-36)14-20(24(38)39)37(15-27)26(40)41/h1-7,12-13,20,23H,8-11,14-15H2,(H,38,39)(H,40,41)(H2,33,34,35)/t20-,23+/m0/s1. The summed E-state index contributed by atoms with van der Waals surface area (Å²) in [4.78, 5) is 34.1. The van der Waals surface area contributed by atoms with Gasteiger partial charge in [0.2, 0.25) is 17.9 Å². The molecule has 4 N–H and O–H groups in total. The van der Waals surface area contributed by atoms with Crippen molar-refractivity contribution in [2.75, 3.05) is 30.3 Å². The zero-order valence-electron chi connectivity index (χ0n) is 22.1. The molecule has 0 aliphatic carbocycles. The van der Waals surface area contributed by atoms with Crippen LogP contribution >= 0.6 is 11.6 Å². The molecular weight excluding hydrogens is 579 g/mol. The number of rotatable bonds is 6. The summed E-state index contributed by atoms with van der Waals surface area (Å²) in [5.74, 6) is -1.61. The van der Waals surface area contributed by atoms with Crippen molar-refractivity contribution in [3.8, 4) is 17.0 Å². The maximum Gasteiger partial charge on any atom is 0.429 e. The maximum absolute atomic E-state index is 14.5. The zero-order valence-corrected chi connectivity index (χ0v) is 22.8. The summed E-state index contributed by atoms with van der Waals surface area (Å²) in [7, 11) is 0. The summed E-state index contributed by atoms with van der Waals surface area (Å²) in [6.07, 6.45) is -7.42. The SMILES string of the molecule is Nc1nc(O[C@H](c2ccc(Cl)cc2-c2ccccc2)C(F)(F)F)cc(N2CCC3(CC2)C[C@@H](C(=O)O)N(C(=O)O)C3)n1. The van der Waals surface area contributed by atoms with E-state index in [-0.39, 0.29) is 46.8 Å².